The molecular formula is C25H37NO3. The first kappa shape index (κ1) is 22.0. The molecule has 3 rings (SSSR count). The minimum Gasteiger partial charge on any atom is -0.497 e. The number of allylic oxidation sites excluding steroid dienone is 2. The summed E-state index contributed by atoms with van der Waals surface area (Å²) in [5.41, 5.74) is 3.22. The van der Waals surface area contributed by atoms with E-state index in [9.17, 15) is 4.79 Å². The third-order valence-electron chi connectivity index (χ3n) is 6.32. The van der Waals surface area contributed by atoms with E-state index in [2.05, 4.69) is 30.0 Å². The molecule has 4 heteroatoms. The van der Waals surface area contributed by atoms with Crippen molar-refractivity contribution in [3.05, 3.63) is 35.4 Å². The number of rotatable bonds is 9. The average Bonchev–Trinajstić information content (AvgIpc) is 2.91. The summed E-state index contributed by atoms with van der Waals surface area (Å²) < 4.78 is 11.3. The minimum atomic E-state index is 0.158. The van der Waals surface area contributed by atoms with Gasteiger partial charge in [0.25, 0.3) is 0 Å². The average molecular weight is 400 g/mol. The van der Waals surface area contributed by atoms with E-state index in [1.807, 2.05) is 6.07 Å². The van der Waals surface area contributed by atoms with Crippen LogP contribution in [0, 0.1) is 5.92 Å². The Balaban J connectivity index is 1.52. The van der Waals surface area contributed by atoms with Crippen LogP contribution in [-0.4, -0.2) is 50.1 Å². The van der Waals surface area contributed by atoms with Gasteiger partial charge < -0.3 is 14.4 Å². The first-order valence-electron chi connectivity index (χ1n) is 11.3. The van der Waals surface area contributed by atoms with Crippen LogP contribution in [0.3, 0.4) is 0 Å². The molecule has 1 aliphatic heterocycles. The van der Waals surface area contributed by atoms with Gasteiger partial charge in [-0.25, -0.2) is 0 Å². The first-order valence-corrected chi connectivity index (χ1v) is 11.3. The van der Waals surface area contributed by atoms with E-state index in [4.69, 9.17) is 9.47 Å². The van der Waals surface area contributed by atoms with Crippen LogP contribution in [0.15, 0.2) is 24.3 Å². The lowest BCUT2D eigenvalue weighted by atomic mass is 9.91. The summed E-state index contributed by atoms with van der Waals surface area (Å²) in [4.78, 5) is 14.8. The zero-order chi connectivity index (χ0) is 20.6. The highest BCUT2D eigenvalue weighted by atomic mass is 16.5. The molecule has 2 aliphatic rings. The lowest BCUT2D eigenvalue weighted by Gasteiger charge is -2.32. The highest BCUT2D eigenvalue weighted by Crippen LogP contribution is 2.33. The number of likely N-dealkylation sites (tertiary alicyclic amines) is 1. The molecule has 0 amide bonds. The van der Waals surface area contributed by atoms with E-state index >= 15 is 0 Å². The molecule has 0 N–H and O–H groups in total. The zero-order valence-corrected chi connectivity index (χ0v) is 18.4. The molecule has 1 saturated heterocycles. The number of hydrogen-bond acceptors (Lipinski definition) is 4. The van der Waals surface area contributed by atoms with Crippen LogP contribution < -0.4 is 4.74 Å². The molecule has 0 unspecified atom stereocenters. The van der Waals surface area contributed by atoms with Gasteiger partial charge in [-0.05, 0) is 87.6 Å². The predicted molar refractivity (Wildman–Crippen MR) is 118 cm³/mol. The number of ether oxygens (including phenoxy) is 2. The van der Waals surface area contributed by atoms with Crippen LogP contribution in [0.25, 0.3) is 5.57 Å². The summed E-state index contributed by atoms with van der Waals surface area (Å²) in [6.45, 7) is 8.24. The number of fused-ring (bicyclic) bond motifs is 1. The van der Waals surface area contributed by atoms with Gasteiger partial charge in [0, 0.05) is 25.3 Å². The maximum absolute atomic E-state index is 12.2. The van der Waals surface area contributed by atoms with Crippen molar-refractivity contribution >= 4 is 11.4 Å². The van der Waals surface area contributed by atoms with Crippen molar-refractivity contribution in [2.45, 2.75) is 64.9 Å². The van der Waals surface area contributed by atoms with Gasteiger partial charge in [-0.3, -0.25) is 4.79 Å². The van der Waals surface area contributed by atoms with Crippen LogP contribution in [0.2, 0.25) is 0 Å². The molecule has 29 heavy (non-hydrogen) atoms. The van der Waals surface area contributed by atoms with Gasteiger partial charge in [-0.2, -0.15) is 0 Å². The van der Waals surface area contributed by atoms with E-state index in [0.717, 1.165) is 55.8 Å². The number of methoxy groups -OCH3 is 1. The molecule has 1 atom stereocenters. The highest BCUT2D eigenvalue weighted by molar-refractivity contribution is 6.20. The number of Topliss-reactive ketones (excluding diaryl/α,β-unsaturated/α-hetero) is 1. The summed E-state index contributed by atoms with van der Waals surface area (Å²) in [7, 11) is 1.70. The van der Waals surface area contributed by atoms with Gasteiger partial charge in [-0.1, -0.05) is 19.1 Å². The molecule has 4 nitrogen and oxygen atoms in total. The topological polar surface area (TPSA) is 38.8 Å². The van der Waals surface area contributed by atoms with Crippen LogP contribution >= 0.6 is 0 Å². The van der Waals surface area contributed by atoms with Gasteiger partial charge in [0.2, 0.25) is 0 Å². The van der Waals surface area contributed by atoms with E-state index < -0.39 is 0 Å². The molecule has 0 bridgehead atoms. The minimum absolute atomic E-state index is 0.158. The number of piperidine rings is 1. The molecule has 1 aromatic rings. The Morgan fingerprint density at radius 3 is 2.72 bits per heavy atom. The van der Waals surface area contributed by atoms with Gasteiger partial charge >= 0.3 is 0 Å². The largest absolute Gasteiger partial charge is 0.497 e. The Morgan fingerprint density at radius 2 is 2.03 bits per heavy atom. The molecule has 0 aromatic heterocycles. The van der Waals surface area contributed by atoms with Crippen molar-refractivity contribution in [3.8, 4) is 5.75 Å². The Morgan fingerprint density at radius 1 is 1.24 bits per heavy atom. The maximum atomic E-state index is 12.2. The zero-order valence-electron chi connectivity index (χ0n) is 18.4. The summed E-state index contributed by atoms with van der Waals surface area (Å²) in [5.74, 6) is 1.62. The normalized spacial score (nSPS) is 20.7. The summed E-state index contributed by atoms with van der Waals surface area (Å²) in [6, 6.07) is 6.13. The molecule has 0 saturated carbocycles. The van der Waals surface area contributed by atoms with Crippen LogP contribution in [0.1, 0.15) is 63.5 Å². The molecule has 1 fully saturated rings. The van der Waals surface area contributed by atoms with Gasteiger partial charge in [0.05, 0.1) is 13.2 Å². The van der Waals surface area contributed by atoms with Gasteiger partial charge in [-0.15, -0.1) is 0 Å². The molecule has 1 heterocycles. The Kier molecular flexibility index (Phi) is 8.31. The van der Waals surface area contributed by atoms with Crippen LogP contribution in [0.5, 0.6) is 5.75 Å². The van der Waals surface area contributed by atoms with Crippen LogP contribution in [-0.2, 0) is 16.0 Å². The Labute approximate surface area is 176 Å². The van der Waals surface area contributed by atoms with E-state index in [1.165, 1.54) is 37.8 Å². The standard InChI is InChI=1S/C25H37NO3/c1-4-16-29-22-11-14-26(15-12-22)13-5-6-20-7-9-24(19(2)27)25-10-8-23(28-3)18-21(25)17-20/h8-10,18,20,22H,4-7,11-17H2,1-3H3/t20-/m1/s1. The highest BCUT2D eigenvalue weighted by Gasteiger charge is 2.22. The Bertz CT molecular complexity index is 704. The van der Waals surface area contributed by atoms with Crippen molar-refractivity contribution in [2.24, 2.45) is 5.92 Å². The lowest BCUT2D eigenvalue weighted by Crippen LogP contribution is -2.37. The fourth-order valence-corrected chi connectivity index (χ4v) is 4.66. The second-order valence-electron chi connectivity index (χ2n) is 8.56. The van der Waals surface area contributed by atoms with Gasteiger partial charge in [0.15, 0.2) is 5.78 Å². The molecule has 0 spiro atoms. The number of ketones is 1. The van der Waals surface area contributed by atoms with Crippen molar-refractivity contribution in [2.75, 3.05) is 33.4 Å². The number of hydrogen-bond donors (Lipinski definition) is 0. The van der Waals surface area contributed by atoms with Crippen molar-refractivity contribution in [1.29, 1.82) is 0 Å². The molecule has 1 aromatic carbocycles. The quantitative estimate of drug-likeness (QED) is 0.592. The molecule has 0 radical (unpaired) electrons. The lowest BCUT2D eigenvalue weighted by molar-refractivity contribution is -0.111. The smallest absolute Gasteiger partial charge is 0.160 e. The van der Waals surface area contributed by atoms with E-state index in [0.29, 0.717) is 12.0 Å². The summed E-state index contributed by atoms with van der Waals surface area (Å²) in [6.07, 6.45) is 10.5. The van der Waals surface area contributed by atoms with E-state index in [-0.39, 0.29) is 5.78 Å². The summed E-state index contributed by atoms with van der Waals surface area (Å²) in [5, 5.41) is 0. The maximum Gasteiger partial charge on any atom is 0.160 e. The Hall–Kier alpha value is -1.65. The molecule has 160 valence electrons. The second-order valence-corrected chi connectivity index (χ2v) is 8.56. The third kappa shape index (κ3) is 6.16. The molecular weight excluding hydrogens is 362 g/mol. The number of carbonyl (C=O) groups is 1. The van der Waals surface area contributed by atoms with Gasteiger partial charge in [0.1, 0.15) is 5.75 Å². The van der Waals surface area contributed by atoms with E-state index in [1.54, 1.807) is 14.0 Å². The molecule has 1 aliphatic carbocycles. The van der Waals surface area contributed by atoms with Crippen molar-refractivity contribution < 1.29 is 14.3 Å². The second kappa shape index (κ2) is 10.9. The number of benzene rings is 1. The van der Waals surface area contributed by atoms with Crippen LogP contribution in [0.4, 0.5) is 0 Å². The summed E-state index contributed by atoms with van der Waals surface area (Å²) >= 11 is 0. The monoisotopic (exact) mass is 399 g/mol. The number of carbonyl (C=O) groups excluding carboxylic acids is 1. The predicted octanol–water partition coefficient (Wildman–Crippen LogP) is 4.90. The fourth-order valence-electron chi connectivity index (χ4n) is 4.66. The van der Waals surface area contributed by atoms with Crippen molar-refractivity contribution in [3.63, 3.8) is 0 Å². The first-order chi connectivity index (χ1) is 14.1. The fraction of sp³-hybridized carbons (Fsp3) is 0.640. The third-order valence-corrected chi connectivity index (χ3v) is 6.32. The SMILES string of the molecule is CCCOC1CCN(CCC[C@@H]2CC=C(C(C)=O)c3ccc(OC)cc3C2)CC1. The number of nitrogens with zero attached hydrogens (tertiary/aromatic N) is 1. The van der Waals surface area contributed by atoms with Crippen molar-refractivity contribution in [1.82, 2.24) is 4.90 Å².